The number of carbonyl (C=O) groups excluding carboxylic acids is 2. The lowest BCUT2D eigenvalue weighted by Crippen LogP contribution is -2.46. The number of ether oxygens (including phenoxy) is 3. The molecule has 0 saturated carbocycles. The van der Waals surface area contributed by atoms with Gasteiger partial charge in [0.2, 0.25) is 10.0 Å². The third-order valence-electron chi connectivity index (χ3n) is 4.00. The molecule has 1 atom stereocenters. The third-order valence-corrected chi connectivity index (χ3v) is 5.68. The van der Waals surface area contributed by atoms with E-state index < -0.39 is 22.6 Å². The van der Waals surface area contributed by atoms with Crippen molar-refractivity contribution < 1.29 is 32.2 Å². The minimum Gasteiger partial charge on any atom is -0.495 e. The molecule has 2 rings (SSSR count). The second kappa shape index (κ2) is 9.35. The number of carbonyl (C=O) groups is 2. The van der Waals surface area contributed by atoms with Crippen molar-refractivity contribution in [3.63, 3.8) is 0 Å². The summed E-state index contributed by atoms with van der Waals surface area (Å²) >= 11 is 0. The van der Waals surface area contributed by atoms with Gasteiger partial charge in [-0.05, 0) is 39.0 Å². The van der Waals surface area contributed by atoms with Crippen LogP contribution in [0.4, 0.5) is 0 Å². The summed E-state index contributed by atoms with van der Waals surface area (Å²) < 4.78 is 42.9. The molecule has 28 heavy (non-hydrogen) atoms. The quantitative estimate of drug-likeness (QED) is 0.657. The number of nitrogens with one attached hydrogen (secondary N) is 1. The molecular weight excluding hydrogens is 388 g/mol. The van der Waals surface area contributed by atoms with E-state index in [0.717, 1.165) is 0 Å². The van der Waals surface area contributed by atoms with Crippen molar-refractivity contribution in [3.05, 3.63) is 23.8 Å². The van der Waals surface area contributed by atoms with E-state index in [9.17, 15) is 18.0 Å². The first-order chi connectivity index (χ1) is 13.1. The molecule has 9 nitrogen and oxygen atoms in total. The van der Waals surface area contributed by atoms with Crippen LogP contribution in [0.2, 0.25) is 0 Å². The Morgan fingerprint density at radius 1 is 1.36 bits per heavy atom. The third kappa shape index (κ3) is 5.66. The number of benzene rings is 1. The van der Waals surface area contributed by atoms with Crippen LogP contribution in [0.25, 0.3) is 0 Å². The van der Waals surface area contributed by atoms with E-state index in [1.807, 2.05) is 6.92 Å². The fraction of sp³-hybridized carbons (Fsp3) is 0.556. The Morgan fingerprint density at radius 3 is 2.68 bits per heavy atom. The Bertz CT molecular complexity index is 823. The molecule has 1 amide bonds. The Balaban J connectivity index is 2.11. The molecular formula is C18H26N2O7S. The average Bonchev–Trinajstić information content (AvgIpc) is 2.64. The summed E-state index contributed by atoms with van der Waals surface area (Å²) in [5, 5.41) is 0. The molecule has 0 bridgehead atoms. The molecule has 1 aliphatic rings. The van der Waals surface area contributed by atoms with E-state index in [-0.39, 0.29) is 34.3 Å². The van der Waals surface area contributed by atoms with Gasteiger partial charge < -0.3 is 19.1 Å². The van der Waals surface area contributed by atoms with Crippen molar-refractivity contribution in [2.75, 3.05) is 33.4 Å². The molecule has 1 aliphatic heterocycles. The Labute approximate surface area is 165 Å². The first-order valence-corrected chi connectivity index (χ1v) is 10.4. The van der Waals surface area contributed by atoms with Crippen molar-refractivity contribution >= 4 is 21.9 Å². The first kappa shape index (κ1) is 22.1. The molecule has 1 N–H and O–H groups in total. The summed E-state index contributed by atoms with van der Waals surface area (Å²) in [6.07, 6.45) is -0.0730. The molecule has 0 radical (unpaired) electrons. The van der Waals surface area contributed by atoms with Crippen LogP contribution in [0.1, 0.15) is 31.1 Å². The summed E-state index contributed by atoms with van der Waals surface area (Å²) in [5.74, 6) is -1.02. The molecule has 1 aromatic rings. The van der Waals surface area contributed by atoms with E-state index in [1.54, 1.807) is 18.7 Å². The molecule has 10 heteroatoms. The van der Waals surface area contributed by atoms with E-state index >= 15 is 0 Å². The molecule has 1 heterocycles. The molecule has 1 unspecified atom stereocenters. The summed E-state index contributed by atoms with van der Waals surface area (Å²) in [5.41, 5.74) is 0.00748. The van der Waals surface area contributed by atoms with Crippen LogP contribution < -0.4 is 9.46 Å². The van der Waals surface area contributed by atoms with E-state index in [0.29, 0.717) is 19.7 Å². The van der Waals surface area contributed by atoms with Crippen molar-refractivity contribution in [2.45, 2.75) is 37.8 Å². The van der Waals surface area contributed by atoms with Crippen molar-refractivity contribution in [3.8, 4) is 5.75 Å². The van der Waals surface area contributed by atoms with Crippen molar-refractivity contribution in [1.29, 1.82) is 0 Å². The van der Waals surface area contributed by atoms with Crippen LogP contribution in [-0.2, 0) is 24.3 Å². The molecule has 0 spiro atoms. The highest BCUT2D eigenvalue weighted by Crippen LogP contribution is 2.25. The van der Waals surface area contributed by atoms with Gasteiger partial charge in [0, 0.05) is 19.1 Å². The van der Waals surface area contributed by atoms with E-state index in [4.69, 9.17) is 14.2 Å². The maximum atomic E-state index is 12.5. The van der Waals surface area contributed by atoms with Crippen molar-refractivity contribution in [1.82, 2.24) is 9.62 Å². The largest absolute Gasteiger partial charge is 0.495 e. The number of nitrogens with zero attached hydrogens (tertiary/aromatic N) is 1. The standard InChI is InChI=1S/C18H26N2O7S/c1-12(2)19-28(23,24)16-9-14(5-6-15(16)25-4)18(22)27-11-17(21)20-7-8-26-13(3)10-20/h5-6,9,12-13,19H,7-8,10-11H2,1-4H3. The van der Waals surface area contributed by atoms with Gasteiger partial charge in [0.1, 0.15) is 10.6 Å². The van der Waals surface area contributed by atoms with E-state index in [2.05, 4.69) is 4.72 Å². The van der Waals surface area contributed by atoms with Gasteiger partial charge in [0.15, 0.2) is 6.61 Å². The molecule has 1 fully saturated rings. The van der Waals surface area contributed by atoms with Gasteiger partial charge in [-0.1, -0.05) is 0 Å². The molecule has 0 aliphatic carbocycles. The van der Waals surface area contributed by atoms with Gasteiger partial charge in [0.05, 0.1) is 25.4 Å². The van der Waals surface area contributed by atoms with Gasteiger partial charge in [-0.2, -0.15) is 0 Å². The minimum atomic E-state index is -3.88. The normalized spacial score (nSPS) is 17.5. The zero-order valence-electron chi connectivity index (χ0n) is 16.4. The van der Waals surface area contributed by atoms with E-state index in [1.165, 1.54) is 25.3 Å². The van der Waals surface area contributed by atoms with Gasteiger partial charge in [0.25, 0.3) is 5.91 Å². The lowest BCUT2D eigenvalue weighted by molar-refractivity contribution is -0.141. The number of methoxy groups -OCH3 is 1. The van der Waals surface area contributed by atoms with Gasteiger partial charge in [-0.3, -0.25) is 4.79 Å². The van der Waals surface area contributed by atoms with Crippen molar-refractivity contribution in [2.24, 2.45) is 0 Å². The van der Waals surface area contributed by atoms with Crippen LogP contribution in [0.15, 0.2) is 23.1 Å². The summed E-state index contributed by atoms with van der Waals surface area (Å²) in [7, 11) is -2.55. The van der Waals surface area contributed by atoms with Crippen LogP contribution in [0.5, 0.6) is 5.75 Å². The number of esters is 1. The minimum absolute atomic E-state index is 0.00748. The van der Waals surface area contributed by atoms with Crippen LogP contribution >= 0.6 is 0 Å². The summed E-state index contributed by atoms with van der Waals surface area (Å²) in [6.45, 7) is 6.10. The first-order valence-electron chi connectivity index (χ1n) is 8.91. The molecule has 1 saturated heterocycles. The number of sulfonamides is 1. The highest BCUT2D eigenvalue weighted by molar-refractivity contribution is 7.89. The molecule has 0 aromatic heterocycles. The topological polar surface area (TPSA) is 111 Å². The van der Waals surface area contributed by atoms with Crippen LogP contribution in [-0.4, -0.2) is 70.8 Å². The van der Waals surface area contributed by atoms with Gasteiger partial charge in [-0.25, -0.2) is 17.9 Å². The molecule has 156 valence electrons. The average molecular weight is 414 g/mol. The van der Waals surface area contributed by atoms with Gasteiger partial charge >= 0.3 is 5.97 Å². The highest BCUT2D eigenvalue weighted by Gasteiger charge is 2.25. The Hall–Kier alpha value is -2.17. The SMILES string of the molecule is COc1ccc(C(=O)OCC(=O)N2CCOC(C)C2)cc1S(=O)(=O)NC(C)C. The maximum absolute atomic E-state index is 12.5. The fourth-order valence-corrected chi connectivity index (χ4v) is 4.18. The lowest BCUT2D eigenvalue weighted by atomic mass is 10.2. The second-order valence-corrected chi connectivity index (χ2v) is 8.42. The number of hydrogen-bond acceptors (Lipinski definition) is 7. The van der Waals surface area contributed by atoms with Crippen LogP contribution in [0.3, 0.4) is 0 Å². The zero-order valence-corrected chi connectivity index (χ0v) is 17.2. The maximum Gasteiger partial charge on any atom is 0.338 e. The van der Waals surface area contributed by atoms with Gasteiger partial charge in [-0.15, -0.1) is 0 Å². The fourth-order valence-electron chi connectivity index (χ4n) is 2.73. The lowest BCUT2D eigenvalue weighted by Gasteiger charge is -2.30. The highest BCUT2D eigenvalue weighted by atomic mass is 32.2. The number of rotatable bonds is 7. The number of morpholine rings is 1. The Morgan fingerprint density at radius 2 is 2.07 bits per heavy atom. The predicted octanol–water partition coefficient (Wildman–Crippen LogP) is 0.786. The summed E-state index contributed by atoms with van der Waals surface area (Å²) in [4.78, 5) is 25.9. The van der Waals surface area contributed by atoms with Crippen LogP contribution in [0, 0.1) is 0 Å². The number of amides is 1. The second-order valence-electron chi connectivity index (χ2n) is 6.74. The Kier molecular flexibility index (Phi) is 7.39. The predicted molar refractivity (Wildman–Crippen MR) is 101 cm³/mol. The number of hydrogen-bond donors (Lipinski definition) is 1. The monoisotopic (exact) mass is 414 g/mol. The zero-order chi connectivity index (χ0) is 20.9. The molecule has 1 aromatic carbocycles. The summed E-state index contributed by atoms with van der Waals surface area (Å²) in [6, 6.07) is 3.60. The smallest absolute Gasteiger partial charge is 0.338 e.